The third kappa shape index (κ3) is 15.8. The molecule has 8 atom stereocenters. The van der Waals surface area contributed by atoms with Gasteiger partial charge in [-0.1, -0.05) is 27.7 Å². The second-order valence-electron chi connectivity index (χ2n) is 21.8. The van der Waals surface area contributed by atoms with Crippen molar-refractivity contribution in [2.45, 2.75) is 174 Å². The molecule has 5 amide bonds. The van der Waals surface area contributed by atoms with E-state index in [9.17, 15) is 73.5 Å². The van der Waals surface area contributed by atoms with E-state index in [0.717, 1.165) is 5.56 Å². The first-order chi connectivity index (χ1) is 39.3. The summed E-state index contributed by atoms with van der Waals surface area (Å²) in [4.78, 5) is 139. The van der Waals surface area contributed by atoms with Gasteiger partial charge >= 0.3 is 11.9 Å². The Hall–Kier alpha value is -6.94. The van der Waals surface area contributed by atoms with E-state index in [1.54, 1.807) is 33.8 Å². The Kier molecular flexibility index (Phi) is 22.8. The van der Waals surface area contributed by atoms with Gasteiger partial charge in [0.2, 0.25) is 17.7 Å². The molecule has 454 valence electrons. The van der Waals surface area contributed by atoms with Gasteiger partial charge in [0.1, 0.15) is 43.3 Å². The van der Waals surface area contributed by atoms with Crippen molar-refractivity contribution in [1.82, 2.24) is 30.6 Å². The third-order valence-corrected chi connectivity index (χ3v) is 15.4. The van der Waals surface area contributed by atoms with Crippen LogP contribution >= 0.6 is 0 Å². The van der Waals surface area contributed by atoms with E-state index in [1.807, 2.05) is 6.07 Å². The summed E-state index contributed by atoms with van der Waals surface area (Å²) in [5.74, 6) is -8.96. The zero-order valence-corrected chi connectivity index (χ0v) is 47.2. The number of aryl methyl sites for hydroxylation is 1. The number of aromatic nitrogens is 2. The van der Waals surface area contributed by atoms with Crippen LogP contribution < -0.4 is 21.5 Å². The van der Waals surface area contributed by atoms with Crippen molar-refractivity contribution in [3.05, 3.63) is 62.2 Å². The lowest BCUT2D eigenvalue weighted by molar-refractivity contribution is -0.197. The van der Waals surface area contributed by atoms with Crippen LogP contribution in [-0.2, 0) is 82.6 Å². The van der Waals surface area contributed by atoms with Crippen molar-refractivity contribution in [2.24, 2.45) is 17.8 Å². The lowest BCUT2D eigenvalue weighted by Crippen LogP contribution is -2.49. The van der Waals surface area contributed by atoms with Crippen LogP contribution in [0.1, 0.15) is 139 Å². The minimum absolute atomic E-state index is 0.0119. The number of nitrogens with one attached hydrogen (secondary N) is 3. The number of cyclic esters (lactones) is 1. The summed E-state index contributed by atoms with van der Waals surface area (Å²) >= 11 is 0. The number of unbranched alkanes of at least 4 members (excludes halogenated alkanes) is 2. The van der Waals surface area contributed by atoms with Gasteiger partial charge in [-0.3, -0.25) is 38.4 Å². The molecule has 0 saturated carbocycles. The normalized spacial score (nSPS) is 18.1. The van der Waals surface area contributed by atoms with E-state index in [4.69, 9.17) is 24.4 Å². The first kappa shape index (κ1) is 65.2. The van der Waals surface area contributed by atoms with Crippen LogP contribution in [0.2, 0.25) is 0 Å². The van der Waals surface area contributed by atoms with Gasteiger partial charge in [0.05, 0.1) is 47.8 Å². The van der Waals surface area contributed by atoms with Gasteiger partial charge in [0, 0.05) is 92.5 Å². The molecule has 3 aromatic rings. The highest BCUT2D eigenvalue weighted by molar-refractivity contribution is 6.01. The second kappa shape index (κ2) is 29.0. The molecule has 83 heavy (non-hydrogen) atoms. The fourth-order valence-electron chi connectivity index (χ4n) is 10.3. The maximum atomic E-state index is 15.5. The molecular weight excluding hydrogens is 1090 g/mol. The van der Waals surface area contributed by atoms with Gasteiger partial charge in [-0.05, 0) is 81.0 Å². The largest absolute Gasteiger partial charge is 0.458 e. The molecule has 5 heterocycles. The highest BCUT2D eigenvalue weighted by atomic mass is 19.1. The average molecular weight is 1170 g/mol. The first-order valence-corrected chi connectivity index (χ1v) is 28.0. The molecule has 3 aliphatic rings. The highest BCUT2D eigenvalue weighted by Crippen LogP contribution is 2.40. The summed E-state index contributed by atoms with van der Waals surface area (Å²) in [6, 6.07) is 3.69. The highest BCUT2D eigenvalue weighted by Gasteiger charge is 2.45. The van der Waals surface area contributed by atoms with Crippen LogP contribution in [0.5, 0.6) is 0 Å². The number of hydrogen-bond donors (Lipinski definition) is 9. The second-order valence-corrected chi connectivity index (χ2v) is 21.8. The van der Waals surface area contributed by atoms with Crippen LogP contribution in [0.4, 0.5) is 4.39 Å². The van der Waals surface area contributed by atoms with Crippen LogP contribution in [0.3, 0.4) is 0 Å². The summed E-state index contributed by atoms with van der Waals surface area (Å²) in [6.07, 6.45) is -7.52. The number of hydrogen-bond acceptors (Lipinski definition) is 20. The summed E-state index contributed by atoms with van der Waals surface area (Å²) < 4.78 is 27.8. The molecule has 1 fully saturated rings. The maximum Gasteiger partial charge on any atom is 0.343 e. The maximum absolute atomic E-state index is 15.5. The van der Waals surface area contributed by atoms with Crippen molar-refractivity contribution in [3.8, 4) is 11.4 Å². The molecule has 6 rings (SSSR count). The van der Waals surface area contributed by atoms with Gasteiger partial charge in [0.15, 0.2) is 11.4 Å². The summed E-state index contributed by atoms with van der Waals surface area (Å²) in [5, 5.41) is 68.9. The quantitative estimate of drug-likeness (QED) is 0.0141. The number of pyridine rings is 2. The molecule has 0 aliphatic carbocycles. The number of benzene rings is 1. The summed E-state index contributed by atoms with van der Waals surface area (Å²) in [5.41, 5.74) is 1.05. The number of rotatable bonds is 32. The number of fused-ring (bicyclic) bond motifs is 5. The molecule has 0 unspecified atom stereocenters. The molecule has 3 aliphatic heterocycles. The standard InChI is InChI=1S/C57H75FN6O19/c1-6-57(80)38-22-41-50-33(25-63(41)55(78)37(38)27-82-56(57)79)21-36-35(31(5)39(58)23-40(36)61-50)12-9-10-18-81-28-60-53(76)30(4)19-42(67)49(29(2)3)62-54(77)32(14-15-45(70)59-24-43(68)51(74)52(75)44(69)26-65)20-34(66)11-7-8-13-48(73)83-64-46(71)16-17-47(64)72/h21-23,29-30,32,43-44,49,51-52,65,68-69,74-75,80H,6-20,24-28H2,1-5H3,(H,59,70)(H,60,76)(H,62,77)/t30-,32-,43+,44-,49+,51-,52-,57+/m1/s1. The number of aliphatic hydroxyl groups is 6. The molecule has 1 aromatic carbocycles. The molecular formula is C57H75FN6O19. The molecule has 26 heteroatoms. The Morgan fingerprint density at radius 1 is 0.867 bits per heavy atom. The third-order valence-electron chi connectivity index (χ3n) is 15.4. The van der Waals surface area contributed by atoms with Gasteiger partial charge in [-0.25, -0.2) is 19.0 Å². The number of ether oxygens (including phenoxy) is 2. The van der Waals surface area contributed by atoms with Crippen LogP contribution in [0.25, 0.3) is 22.3 Å². The van der Waals surface area contributed by atoms with Crippen molar-refractivity contribution in [3.63, 3.8) is 0 Å². The number of nitrogens with zero attached hydrogens (tertiary/aromatic N) is 3. The SMILES string of the molecule is CC[C@@]1(O)C(=O)OCc2c1cc1n(c2=O)Cc2cc3c(CCCCOCNC(=O)[C@H](C)CC(=O)[C@@H](NC(=O)[C@H](CCC(=O)NC[C@H](O)[C@@H](O)[C@H](O)[C@H](O)CO)CC(=O)CCCCC(=O)ON4C(=O)CCC4=O)C(C)C)c(C)c(F)cc3nc2-1. The van der Waals surface area contributed by atoms with E-state index < -0.39 is 144 Å². The number of hydroxylamine groups is 2. The number of aliphatic hydroxyl groups excluding tert-OH is 5. The van der Waals surface area contributed by atoms with E-state index in [2.05, 4.69) is 16.0 Å². The number of halogens is 1. The minimum Gasteiger partial charge on any atom is -0.458 e. The zero-order valence-electron chi connectivity index (χ0n) is 47.2. The monoisotopic (exact) mass is 1170 g/mol. The average Bonchev–Trinajstić information content (AvgIpc) is 3.95. The smallest absolute Gasteiger partial charge is 0.343 e. The lowest BCUT2D eigenvalue weighted by atomic mass is 9.86. The summed E-state index contributed by atoms with van der Waals surface area (Å²) in [7, 11) is 0. The number of esters is 1. The van der Waals surface area contributed by atoms with Crippen molar-refractivity contribution in [2.75, 3.05) is 26.5 Å². The Bertz CT molecular complexity index is 3010. The van der Waals surface area contributed by atoms with Gasteiger partial charge in [0.25, 0.3) is 17.4 Å². The van der Waals surface area contributed by atoms with E-state index in [0.29, 0.717) is 57.7 Å². The minimum atomic E-state index is -1.99. The molecule has 2 aromatic heterocycles. The summed E-state index contributed by atoms with van der Waals surface area (Å²) in [6.45, 7) is 6.54. The number of Topliss-reactive ketones (excluding diaryl/α,β-unsaturated/α-hetero) is 2. The Labute approximate surface area is 477 Å². The Morgan fingerprint density at radius 2 is 1.55 bits per heavy atom. The van der Waals surface area contributed by atoms with Crippen molar-refractivity contribution >= 4 is 63.9 Å². The molecule has 0 bridgehead atoms. The predicted molar refractivity (Wildman–Crippen MR) is 289 cm³/mol. The fourth-order valence-corrected chi connectivity index (χ4v) is 10.3. The molecule has 0 radical (unpaired) electrons. The van der Waals surface area contributed by atoms with E-state index in [-0.39, 0.29) is 95.4 Å². The lowest BCUT2D eigenvalue weighted by Gasteiger charge is -2.31. The van der Waals surface area contributed by atoms with Gasteiger partial charge in [-0.2, -0.15) is 0 Å². The zero-order chi connectivity index (χ0) is 61.0. The molecule has 0 spiro atoms. The van der Waals surface area contributed by atoms with Gasteiger partial charge in [-0.15, -0.1) is 5.06 Å². The number of carbonyl (C=O) groups is 9. The topological polar surface area (TPSA) is 377 Å². The van der Waals surface area contributed by atoms with Crippen LogP contribution in [-0.4, -0.2) is 155 Å². The number of imide groups is 1. The first-order valence-electron chi connectivity index (χ1n) is 28.0. The fraction of sp³-hybridized carbons (Fsp3) is 0.596. The van der Waals surface area contributed by atoms with E-state index >= 15 is 4.39 Å². The number of amides is 5. The predicted octanol–water partition coefficient (Wildman–Crippen LogP) is 0.752. The van der Waals surface area contributed by atoms with E-state index in [1.165, 1.54) is 17.6 Å². The van der Waals surface area contributed by atoms with Crippen LogP contribution in [0, 0.1) is 30.5 Å². The molecule has 1 saturated heterocycles. The van der Waals surface area contributed by atoms with Crippen molar-refractivity contribution < 1.29 is 92.5 Å². The number of ketones is 2. The van der Waals surface area contributed by atoms with Crippen LogP contribution in [0.15, 0.2) is 23.0 Å². The van der Waals surface area contributed by atoms with Gasteiger partial charge < -0.3 is 65.5 Å². The Balaban J connectivity index is 0.984. The molecule has 25 nitrogen and oxygen atoms in total. The Morgan fingerprint density at radius 3 is 2.23 bits per heavy atom. The molecule has 9 N–H and O–H groups in total. The number of carbonyl (C=O) groups excluding carboxylic acids is 9. The van der Waals surface area contributed by atoms with Crippen molar-refractivity contribution in [1.29, 1.82) is 0 Å².